The lowest BCUT2D eigenvalue weighted by atomic mass is 10.1. The normalized spacial score (nSPS) is 24.1. The van der Waals surface area contributed by atoms with Crippen molar-refractivity contribution in [3.05, 3.63) is 42.0 Å². The molecule has 0 saturated heterocycles. The van der Waals surface area contributed by atoms with Crippen LogP contribution in [0.25, 0.3) is 0 Å². The van der Waals surface area contributed by atoms with E-state index in [2.05, 4.69) is 4.72 Å². The van der Waals surface area contributed by atoms with Crippen LogP contribution in [0.2, 0.25) is 0 Å². The van der Waals surface area contributed by atoms with Gasteiger partial charge in [0.15, 0.2) is 0 Å². The van der Waals surface area contributed by atoms with Crippen molar-refractivity contribution in [1.82, 2.24) is 4.72 Å². The van der Waals surface area contributed by atoms with Crippen molar-refractivity contribution in [2.45, 2.75) is 31.2 Å². The van der Waals surface area contributed by atoms with Crippen LogP contribution in [0.5, 0.6) is 0 Å². The molecule has 3 nitrogen and oxygen atoms in total. The third-order valence-electron chi connectivity index (χ3n) is 3.10. The van der Waals surface area contributed by atoms with Gasteiger partial charge < -0.3 is 0 Å². The number of hydrogen-bond donors (Lipinski definition) is 1. The molecular formula is C13H17NO2S. The van der Waals surface area contributed by atoms with Crippen LogP contribution in [-0.4, -0.2) is 14.5 Å². The summed E-state index contributed by atoms with van der Waals surface area (Å²) < 4.78 is 27.0. The largest absolute Gasteiger partial charge is 0.240 e. The van der Waals surface area contributed by atoms with Crippen LogP contribution in [0, 0.1) is 12.8 Å². The molecule has 0 heterocycles. The summed E-state index contributed by atoms with van der Waals surface area (Å²) >= 11 is 0. The van der Waals surface area contributed by atoms with Gasteiger partial charge in [-0.3, -0.25) is 0 Å². The number of aryl methyl sites for hydroxylation is 1. The Bertz CT molecular complexity index is 517. The molecule has 0 saturated carbocycles. The molecule has 0 fully saturated rings. The molecule has 2 atom stereocenters. The second-order valence-corrected chi connectivity index (χ2v) is 6.28. The molecule has 17 heavy (non-hydrogen) atoms. The topological polar surface area (TPSA) is 46.2 Å². The molecule has 1 N–H and O–H groups in total. The summed E-state index contributed by atoms with van der Waals surface area (Å²) in [5.74, 6) is 0.259. The molecule has 4 heteroatoms. The lowest BCUT2D eigenvalue weighted by Crippen LogP contribution is -2.36. The average Bonchev–Trinajstić information content (AvgIpc) is 2.64. The van der Waals surface area contributed by atoms with Gasteiger partial charge in [0.2, 0.25) is 10.0 Å². The van der Waals surface area contributed by atoms with E-state index in [1.807, 2.05) is 38.1 Å². The van der Waals surface area contributed by atoms with Crippen LogP contribution < -0.4 is 4.72 Å². The van der Waals surface area contributed by atoms with Gasteiger partial charge in [-0.1, -0.05) is 36.8 Å². The monoisotopic (exact) mass is 251 g/mol. The molecule has 0 spiro atoms. The number of hydrogen-bond acceptors (Lipinski definition) is 2. The Morgan fingerprint density at radius 2 is 1.88 bits per heavy atom. The summed E-state index contributed by atoms with van der Waals surface area (Å²) in [7, 11) is -3.38. The van der Waals surface area contributed by atoms with E-state index in [9.17, 15) is 8.42 Å². The Morgan fingerprint density at radius 3 is 2.41 bits per heavy atom. The molecule has 2 rings (SSSR count). The second kappa shape index (κ2) is 4.63. The standard InChI is InChI=1S/C13H17NO2S/c1-10-6-8-12(9-7-10)17(15,16)14-13-5-3-4-11(13)2/h3-4,6-9,11,13-14H,5H2,1-2H3/t11-,13-/m0/s1. The van der Waals surface area contributed by atoms with Gasteiger partial charge in [-0.25, -0.2) is 13.1 Å². The molecule has 1 aliphatic rings. The lowest BCUT2D eigenvalue weighted by molar-refractivity contribution is 0.505. The van der Waals surface area contributed by atoms with Crippen molar-refractivity contribution in [2.24, 2.45) is 5.92 Å². The SMILES string of the molecule is Cc1ccc(S(=O)(=O)N[C@H]2CC=C[C@@H]2C)cc1. The van der Waals surface area contributed by atoms with Crippen molar-refractivity contribution in [2.75, 3.05) is 0 Å². The Hall–Kier alpha value is -1.13. The third-order valence-corrected chi connectivity index (χ3v) is 4.61. The fourth-order valence-corrected chi connectivity index (χ4v) is 3.27. The zero-order valence-corrected chi connectivity index (χ0v) is 10.9. The molecule has 1 aromatic rings. The zero-order chi connectivity index (χ0) is 12.5. The molecule has 0 aliphatic heterocycles. The minimum Gasteiger partial charge on any atom is -0.207 e. The number of benzene rings is 1. The Kier molecular flexibility index (Phi) is 3.35. The minimum absolute atomic E-state index is 0.0127. The van der Waals surface area contributed by atoms with E-state index in [1.54, 1.807) is 12.1 Å². The fraction of sp³-hybridized carbons (Fsp3) is 0.385. The van der Waals surface area contributed by atoms with E-state index in [1.165, 1.54) is 0 Å². The van der Waals surface area contributed by atoms with Gasteiger partial charge in [0.05, 0.1) is 4.90 Å². The van der Waals surface area contributed by atoms with Crippen LogP contribution in [-0.2, 0) is 10.0 Å². The first kappa shape index (κ1) is 12.3. The van der Waals surface area contributed by atoms with E-state index in [4.69, 9.17) is 0 Å². The predicted octanol–water partition coefficient (Wildman–Crippen LogP) is 2.24. The quantitative estimate of drug-likeness (QED) is 0.837. The van der Waals surface area contributed by atoms with Crippen molar-refractivity contribution in [3.63, 3.8) is 0 Å². The number of rotatable bonds is 3. The fourth-order valence-electron chi connectivity index (χ4n) is 1.93. The predicted molar refractivity (Wildman–Crippen MR) is 68.2 cm³/mol. The summed E-state index contributed by atoms with van der Waals surface area (Å²) in [5.41, 5.74) is 1.06. The highest BCUT2D eigenvalue weighted by Crippen LogP contribution is 2.20. The summed E-state index contributed by atoms with van der Waals surface area (Å²) in [4.78, 5) is 0.335. The second-order valence-electron chi connectivity index (χ2n) is 4.56. The van der Waals surface area contributed by atoms with E-state index in [-0.39, 0.29) is 12.0 Å². The van der Waals surface area contributed by atoms with E-state index < -0.39 is 10.0 Å². The van der Waals surface area contributed by atoms with Gasteiger partial charge in [-0.05, 0) is 31.4 Å². The van der Waals surface area contributed by atoms with Crippen molar-refractivity contribution in [1.29, 1.82) is 0 Å². The molecule has 0 radical (unpaired) electrons. The lowest BCUT2D eigenvalue weighted by Gasteiger charge is -2.17. The van der Waals surface area contributed by atoms with Crippen molar-refractivity contribution >= 4 is 10.0 Å². The molecule has 0 bridgehead atoms. The summed E-state index contributed by atoms with van der Waals surface area (Å²) in [6, 6.07) is 6.90. The van der Waals surface area contributed by atoms with Gasteiger partial charge >= 0.3 is 0 Å². The average molecular weight is 251 g/mol. The van der Waals surface area contributed by atoms with E-state index >= 15 is 0 Å². The van der Waals surface area contributed by atoms with Gasteiger partial charge in [-0.15, -0.1) is 0 Å². The molecule has 1 aliphatic carbocycles. The molecule has 0 amide bonds. The maximum absolute atomic E-state index is 12.1. The summed E-state index contributed by atoms with van der Waals surface area (Å²) in [5, 5.41) is 0. The number of sulfonamides is 1. The van der Waals surface area contributed by atoms with Gasteiger partial charge in [0, 0.05) is 6.04 Å². The molecule has 92 valence electrons. The first-order valence-corrected chi connectivity index (χ1v) is 7.23. The van der Waals surface area contributed by atoms with Crippen molar-refractivity contribution in [3.8, 4) is 0 Å². The van der Waals surface area contributed by atoms with E-state index in [0.717, 1.165) is 12.0 Å². The van der Waals surface area contributed by atoms with Gasteiger partial charge in [0.25, 0.3) is 0 Å². The Labute approximate surface area is 103 Å². The molecule has 0 unspecified atom stereocenters. The highest BCUT2D eigenvalue weighted by molar-refractivity contribution is 7.89. The Balaban J connectivity index is 2.17. The summed E-state index contributed by atoms with van der Waals surface area (Å²) in [6.07, 6.45) is 4.83. The molecule has 1 aromatic carbocycles. The molecule has 0 aromatic heterocycles. The van der Waals surface area contributed by atoms with Crippen LogP contribution >= 0.6 is 0 Å². The zero-order valence-electron chi connectivity index (χ0n) is 10.1. The highest BCUT2D eigenvalue weighted by Gasteiger charge is 2.24. The number of nitrogens with one attached hydrogen (secondary N) is 1. The maximum atomic E-state index is 12.1. The Morgan fingerprint density at radius 1 is 1.24 bits per heavy atom. The maximum Gasteiger partial charge on any atom is 0.240 e. The smallest absolute Gasteiger partial charge is 0.207 e. The van der Waals surface area contributed by atoms with Crippen LogP contribution in [0.3, 0.4) is 0 Å². The summed E-state index contributed by atoms with van der Waals surface area (Å²) in [6.45, 7) is 3.96. The highest BCUT2D eigenvalue weighted by atomic mass is 32.2. The van der Waals surface area contributed by atoms with Gasteiger partial charge in [-0.2, -0.15) is 0 Å². The van der Waals surface area contributed by atoms with Crippen molar-refractivity contribution < 1.29 is 8.42 Å². The minimum atomic E-state index is -3.38. The third kappa shape index (κ3) is 2.76. The first-order valence-electron chi connectivity index (χ1n) is 5.75. The van der Waals surface area contributed by atoms with Crippen LogP contribution in [0.1, 0.15) is 18.9 Å². The van der Waals surface area contributed by atoms with Gasteiger partial charge in [0.1, 0.15) is 0 Å². The molecular weight excluding hydrogens is 234 g/mol. The van der Waals surface area contributed by atoms with Crippen LogP contribution in [0.15, 0.2) is 41.3 Å². The van der Waals surface area contributed by atoms with Crippen LogP contribution in [0.4, 0.5) is 0 Å². The van der Waals surface area contributed by atoms with E-state index in [0.29, 0.717) is 4.90 Å². The first-order chi connectivity index (χ1) is 7.99.